The number of pyridine rings is 1. The van der Waals surface area contributed by atoms with E-state index in [-0.39, 0.29) is 0 Å². The maximum atomic E-state index is 8.93. The van der Waals surface area contributed by atoms with E-state index in [4.69, 9.17) is 19.8 Å². The standard InChI is InChI=1S/C11H17NS.C2H2O4/c1-10(2)9-13-8-5-11-3-6-12-7-4-11;3-1(4)2(5)6/h3-4,6-7,10H,5,8-9H2,1-2H3;(H,3,4)(H,5,6)/p-2. The van der Waals surface area contributed by atoms with Gasteiger partial charge in [0.15, 0.2) is 0 Å². The Bertz CT molecular complexity index is 369. The van der Waals surface area contributed by atoms with Gasteiger partial charge in [-0.3, -0.25) is 4.98 Å². The number of carbonyl (C=O) groups is 2. The largest absolute Gasteiger partial charge is 0.543 e. The van der Waals surface area contributed by atoms with Gasteiger partial charge in [-0.15, -0.1) is 0 Å². The quantitative estimate of drug-likeness (QED) is 0.534. The molecule has 0 aliphatic carbocycles. The van der Waals surface area contributed by atoms with Gasteiger partial charge in [-0.05, 0) is 41.5 Å². The van der Waals surface area contributed by atoms with Gasteiger partial charge in [-0.2, -0.15) is 11.8 Å². The maximum absolute atomic E-state index is 8.93. The number of carbonyl (C=O) groups excluding carboxylic acids is 2. The number of aromatic nitrogens is 1. The van der Waals surface area contributed by atoms with E-state index in [1.54, 1.807) is 0 Å². The van der Waals surface area contributed by atoms with Crippen molar-refractivity contribution in [3.8, 4) is 0 Å². The summed E-state index contributed by atoms with van der Waals surface area (Å²) in [7, 11) is 0. The second kappa shape index (κ2) is 10.4. The van der Waals surface area contributed by atoms with Crippen molar-refractivity contribution in [2.24, 2.45) is 5.92 Å². The van der Waals surface area contributed by atoms with Crippen molar-refractivity contribution in [3.63, 3.8) is 0 Å². The summed E-state index contributed by atoms with van der Waals surface area (Å²) in [6, 6.07) is 4.19. The molecule has 0 aromatic carbocycles. The Morgan fingerprint density at radius 3 is 2.16 bits per heavy atom. The van der Waals surface area contributed by atoms with E-state index in [9.17, 15) is 0 Å². The first kappa shape index (κ1) is 17.4. The number of hydrogen-bond acceptors (Lipinski definition) is 6. The second-order valence-corrected chi connectivity index (χ2v) is 5.30. The summed E-state index contributed by atoms with van der Waals surface area (Å²) in [4.78, 5) is 21.8. The molecule has 0 N–H and O–H groups in total. The Labute approximate surface area is 117 Å². The number of carboxylic acids is 2. The van der Waals surface area contributed by atoms with Gasteiger partial charge < -0.3 is 19.8 Å². The van der Waals surface area contributed by atoms with E-state index in [0.717, 1.165) is 5.92 Å². The van der Waals surface area contributed by atoms with Crippen molar-refractivity contribution in [1.29, 1.82) is 0 Å². The highest BCUT2D eigenvalue weighted by Gasteiger charge is 1.95. The molecular weight excluding hydrogens is 266 g/mol. The summed E-state index contributed by atoms with van der Waals surface area (Å²) in [6.07, 6.45) is 4.89. The van der Waals surface area contributed by atoms with E-state index in [1.165, 1.54) is 23.5 Å². The highest BCUT2D eigenvalue weighted by molar-refractivity contribution is 7.99. The number of thioether (sulfide) groups is 1. The van der Waals surface area contributed by atoms with E-state index >= 15 is 0 Å². The molecule has 0 bridgehead atoms. The van der Waals surface area contributed by atoms with E-state index in [1.807, 2.05) is 24.2 Å². The van der Waals surface area contributed by atoms with Gasteiger partial charge in [0.1, 0.15) is 0 Å². The summed E-state index contributed by atoms with van der Waals surface area (Å²) in [6.45, 7) is 4.53. The highest BCUT2D eigenvalue weighted by atomic mass is 32.2. The monoisotopic (exact) mass is 283 g/mol. The Balaban J connectivity index is 0.000000459. The fraction of sp³-hybridized carbons (Fsp3) is 0.462. The van der Waals surface area contributed by atoms with Crippen LogP contribution in [-0.4, -0.2) is 28.4 Å². The van der Waals surface area contributed by atoms with Crippen molar-refractivity contribution in [2.45, 2.75) is 20.3 Å². The topological polar surface area (TPSA) is 93.2 Å². The SMILES string of the molecule is CC(C)CSCCc1ccncc1.O=C([O-])C(=O)[O-]. The zero-order valence-corrected chi connectivity index (χ0v) is 11.8. The number of aryl methyl sites for hydroxylation is 1. The predicted molar refractivity (Wildman–Crippen MR) is 70.1 cm³/mol. The zero-order valence-electron chi connectivity index (χ0n) is 11.0. The molecular formula is C13H17NO4S-2. The van der Waals surface area contributed by atoms with Crippen molar-refractivity contribution >= 4 is 23.7 Å². The fourth-order valence-electron chi connectivity index (χ4n) is 1.06. The highest BCUT2D eigenvalue weighted by Crippen LogP contribution is 2.10. The summed E-state index contributed by atoms with van der Waals surface area (Å²) in [5.74, 6) is -1.07. The van der Waals surface area contributed by atoms with E-state index < -0.39 is 11.9 Å². The Hall–Kier alpha value is -1.56. The van der Waals surface area contributed by atoms with Crippen molar-refractivity contribution in [3.05, 3.63) is 30.1 Å². The smallest absolute Gasteiger partial charge is 0.0870 e. The molecule has 1 rings (SSSR count). The maximum Gasteiger partial charge on any atom is 0.0870 e. The molecule has 0 aliphatic heterocycles. The molecule has 0 unspecified atom stereocenters. The molecule has 19 heavy (non-hydrogen) atoms. The first-order valence-electron chi connectivity index (χ1n) is 5.82. The molecule has 106 valence electrons. The van der Waals surface area contributed by atoms with Crippen molar-refractivity contribution in [1.82, 2.24) is 4.98 Å². The molecule has 5 nitrogen and oxygen atoms in total. The lowest BCUT2D eigenvalue weighted by molar-refractivity contribution is -0.345. The minimum Gasteiger partial charge on any atom is -0.543 e. The van der Waals surface area contributed by atoms with Crippen LogP contribution in [0.4, 0.5) is 0 Å². The molecule has 0 aliphatic rings. The first-order chi connectivity index (χ1) is 8.93. The number of aliphatic carboxylic acids is 2. The third-order valence-corrected chi connectivity index (χ3v) is 3.30. The normalized spacial score (nSPS) is 9.63. The lowest BCUT2D eigenvalue weighted by Gasteiger charge is -2.03. The van der Waals surface area contributed by atoms with E-state index in [2.05, 4.69) is 31.0 Å². The molecule has 0 saturated carbocycles. The third kappa shape index (κ3) is 11.3. The summed E-state index contributed by atoms with van der Waals surface area (Å²) < 4.78 is 0. The molecule has 0 spiro atoms. The molecule has 0 amide bonds. The summed E-state index contributed by atoms with van der Waals surface area (Å²) >= 11 is 2.04. The van der Waals surface area contributed by atoms with Crippen LogP contribution in [0, 0.1) is 5.92 Å². The fourth-order valence-corrected chi connectivity index (χ4v) is 2.08. The minimum atomic E-state index is -2.19. The minimum absolute atomic E-state index is 0.808. The van der Waals surface area contributed by atoms with Crippen LogP contribution in [0.25, 0.3) is 0 Å². The molecule has 1 heterocycles. The Morgan fingerprint density at radius 1 is 1.21 bits per heavy atom. The molecule has 0 atom stereocenters. The second-order valence-electron chi connectivity index (χ2n) is 4.15. The van der Waals surface area contributed by atoms with Crippen LogP contribution < -0.4 is 10.2 Å². The molecule has 6 heteroatoms. The molecule has 0 saturated heterocycles. The average Bonchev–Trinajstić information content (AvgIpc) is 2.36. The van der Waals surface area contributed by atoms with Crippen LogP contribution in [0.15, 0.2) is 24.5 Å². The average molecular weight is 283 g/mol. The van der Waals surface area contributed by atoms with Crippen LogP contribution in [-0.2, 0) is 16.0 Å². The van der Waals surface area contributed by atoms with Gasteiger partial charge in [0.25, 0.3) is 0 Å². The Morgan fingerprint density at radius 2 is 1.74 bits per heavy atom. The molecule has 1 aromatic heterocycles. The van der Waals surface area contributed by atoms with Gasteiger partial charge in [0.2, 0.25) is 0 Å². The van der Waals surface area contributed by atoms with Gasteiger partial charge in [0, 0.05) is 12.4 Å². The van der Waals surface area contributed by atoms with E-state index in [0.29, 0.717) is 0 Å². The van der Waals surface area contributed by atoms with Crippen molar-refractivity contribution in [2.75, 3.05) is 11.5 Å². The Kier molecular flexibility index (Phi) is 9.52. The first-order valence-corrected chi connectivity index (χ1v) is 6.98. The van der Waals surface area contributed by atoms with Crippen LogP contribution in [0.3, 0.4) is 0 Å². The van der Waals surface area contributed by atoms with Gasteiger partial charge in [-0.25, -0.2) is 0 Å². The zero-order chi connectivity index (χ0) is 14.7. The number of rotatable bonds is 5. The van der Waals surface area contributed by atoms with Crippen LogP contribution in [0.1, 0.15) is 19.4 Å². The lowest BCUT2D eigenvalue weighted by atomic mass is 10.2. The van der Waals surface area contributed by atoms with Gasteiger partial charge >= 0.3 is 0 Å². The lowest BCUT2D eigenvalue weighted by Crippen LogP contribution is -2.42. The summed E-state index contributed by atoms with van der Waals surface area (Å²) in [5.41, 5.74) is 1.39. The molecule has 1 aromatic rings. The summed E-state index contributed by atoms with van der Waals surface area (Å²) in [5, 5.41) is 17.9. The number of carboxylic acid groups (broad SMARTS) is 2. The van der Waals surface area contributed by atoms with Crippen LogP contribution in [0.5, 0.6) is 0 Å². The number of nitrogens with zero attached hydrogens (tertiary/aromatic N) is 1. The van der Waals surface area contributed by atoms with Crippen LogP contribution in [0.2, 0.25) is 0 Å². The molecule has 0 fully saturated rings. The van der Waals surface area contributed by atoms with Gasteiger partial charge in [0.05, 0.1) is 11.9 Å². The predicted octanol–water partition coefficient (Wildman–Crippen LogP) is -0.500. The van der Waals surface area contributed by atoms with Crippen LogP contribution >= 0.6 is 11.8 Å². The number of hydrogen-bond donors (Lipinski definition) is 0. The molecule has 0 radical (unpaired) electrons. The van der Waals surface area contributed by atoms with Gasteiger partial charge in [-0.1, -0.05) is 13.8 Å². The third-order valence-electron chi connectivity index (χ3n) is 1.90. The van der Waals surface area contributed by atoms with Crippen molar-refractivity contribution < 1.29 is 19.8 Å².